The number of hydrogen-bond acceptors (Lipinski definition) is 9. The molecule has 3 aromatic rings. The highest BCUT2D eigenvalue weighted by molar-refractivity contribution is 7.15. The number of hydrogen-bond donors (Lipinski definition) is 0. The van der Waals surface area contributed by atoms with E-state index >= 15 is 0 Å². The summed E-state index contributed by atoms with van der Waals surface area (Å²) >= 11 is 1.03. The van der Waals surface area contributed by atoms with Gasteiger partial charge in [-0.15, -0.1) is 0 Å². The summed E-state index contributed by atoms with van der Waals surface area (Å²) in [7, 11) is 5.92. The van der Waals surface area contributed by atoms with E-state index in [2.05, 4.69) is 0 Å². The molecule has 1 atom stereocenters. The van der Waals surface area contributed by atoms with Gasteiger partial charge in [-0.05, 0) is 43.3 Å². The second kappa shape index (κ2) is 10.2. The van der Waals surface area contributed by atoms with Gasteiger partial charge in [0.1, 0.15) is 6.10 Å². The smallest absolute Gasteiger partial charge is 0.324 e. The van der Waals surface area contributed by atoms with Crippen molar-refractivity contribution >= 4 is 22.1 Å². The van der Waals surface area contributed by atoms with Crippen LogP contribution in [0.3, 0.4) is 0 Å². The molecule has 1 aromatic heterocycles. The summed E-state index contributed by atoms with van der Waals surface area (Å²) < 4.78 is 27.4. The lowest BCUT2D eigenvalue weighted by Gasteiger charge is -2.17. The normalized spacial score (nSPS) is 11.4. The number of nitro groups is 1. The maximum absolute atomic E-state index is 13.2. The van der Waals surface area contributed by atoms with Gasteiger partial charge in [-0.1, -0.05) is 11.3 Å². The van der Waals surface area contributed by atoms with Gasteiger partial charge in [0, 0.05) is 17.2 Å². The molecular weight excluding hydrogens is 450 g/mol. The van der Waals surface area contributed by atoms with Crippen LogP contribution in [0.5, 0.6) is 28.7 Å². The van der Waals surface area contributed by atoms with Gasteiger partial charge < -0.3 is 23.7 Å². The molecule has 0 aliphatic carbocycles. The summed E-state index contributed by atoms with van der Waals surface area (Å²) in [6.07, 6.45) is -0.496. The number of carbonyl (C=O) groups excluding carboxylic acids is 1. The molecule has 0 aliphatic rings. The third kappa shape index (κ3) is 5.01. The minimum atomic E-state index is -0.496. The first kappa shape index (κ1) is 23.9. The van der Waals surface area contributed by atoms with E-state index in [9.17, 15) is 14.9 Å². The highest BCUT2D eigenvalue weighted by Crippen LogP contribution is 2.40. The van der Waals surface area contributed by atoms with E-state index in [0.717, 1.165) is 11.3 Å². The zero-order valence-electron chi connectivity index (χ0n) is 18.7. The molecule has 0 N–H and O–H groups in total. The highest BCUT2D eigenvalue weighted by atomic mass is 32.1. The Morgan fingerprint density at radius 2 is 1.45 bits per heavy atom. The zero-order chi connectivity index (χ0) is 24.1. The summed E-state index contributed by atoms with van der Waals surface area (Å²) in [6, 6.07) is 11.0. The summed E-state index contributed by atoms with van der Waals surface area (Å²) in [5.41, 5.74) is 0.687. The highest BCUT2D eigenvalue weighted by Gasteiger charge is 2.21. The van der Waals surface area contributed by atoms with Crippen LogP contribution in [-0.4, -0.2) is 39.1 Å². The topological polar surface area (TPSA) is 106 Å². The first-order valence-corrected chi connectivity index (χ1v) is 10.6. The van der Waals surface area contributed by atoms with Gasteiger partial charge in [-0.2, -0.15) is 0 Å². The number of nitrogens with zero attached hydrogens (tertiary/aromatic N) is 1. The average molecular weight is 474 g/mol. The number of rotatable bonds is 10. The van der Waals surface area contributed by atoms with Crippen LogP contribution in [0.15, 0.2) is 42.5 Å². The van der Waals surface area contributed by atoms with Crippen LogP contribution in [0, 0.1) is 10.1 Å². The summed E-state index contributed by atoms with van der Waals surface area (Å²) in [5.74, 6) is 1.57. The fourth-order valence-corrected chi connectivity index (χ4v) is 4.00. The molecule has 0 amide bonds. The minimum absolute atomic E-state index is 0.0266. The molecule has 33 heavy (non-hydrogen) atoms. The maximum atomic E-state index is 13.2. The van der Waals surface area contributed by atoms with E-state index in [1.807, 2.05) is 0 Å². The molecule has 9 nitrogen and oxygen atoms in total. The van der Waals surface area contributed by atoms with E-state index < -0.39 is 11.0 Å². The minimum Gasteiger partial charge on any atom is -0.493 e. The number of thiophene rings is 1. The van der Waals surface area contributed by atoms with Gasteiger partial charge in [-0.25, -0.2) is 0 Å². The standard InChI is InChI=1S/C23H23NO8S/c1-13(20-8-9-21(33-20)24(26)27)32-17-10-14(6-7-16(17)28-2)22(25)15-11-18(29-3)23(31-5)19(12-15)30-4/h6-13H,1-5H3. The molecule has 0 aliphatic heterocycles. The largest absolute Gasteiger partial charge is 0.493 e. The predicted molar refractivity (Wildman–Crippen MR) is 123 cm³/mol. The van der Waals surface area contributed by atoms with E-state index in [1.54, 1.807) is 43.3 Å². The maximum Gasteiger partial charge on any atom is 0.324 e. The summed E-state index contributed by atoms with van der Waals surface area (Å²) in [6.45, 7) is 1.77. The molecule has 2 aromatic carbocycles. The second-order valence-electron chi connectivity index (χ2n) is 6.80. The quantitative estimate of drug-likeness (QED) is 0.228. The van der Waals surface area contributed by atoms with Crippen LogP contribution >= 0.6 is 11.3 Å². The molecular formula is C23H23NO8S. The van der Waals surface area contributed by atoms with Gasteiger partial charge in [0.2, 0.25) is 5.75 Å². The first-order valence-electron chi connectivity index (χ1n) is 9.76. The van der Waals surface area contributed by atoms with Crippen LogP contribution in [0.25, 0.3) is 0 Å². The zero-order valence-corrected chi connectivity index (χ0v) is 19.6. The Morgan fingerprint density at radius 3 is 1.97 bits per heavy atom. The number of carbonyl (C=O) groups is 1. The Balaban J connectivity index is 1.94. The molecule has 1 unspecified atom stereocenters. The Bertz CT molecular complexity index is 1150. The average Bonchev–Trinajstić information content (AvgIpc) is 3.33. The number of benzene rings is 2. The van der Waals surface area contributed by atoms with Crippen molar-refractivity contribution in [3.63, 3.8) is 0 Å². The van der Waals surface area contributed by atoms with E-state index in [0.29, 0.717) is 44.8 Å². The third-order valence-electron chi connectivity index (χ3n) is 4.85. The Hall–Kier alpha value is -3.79. The summed E-state index contributed by atoms with van der Waals surface area (Å²) in [4.78, 5) is 24.4. The lowest BCUT2D eigenvalue weighted by molar-refractivity contribution is -0.380. The second-order valence-corrected chi connectivity index (χ2v) is 7.90. The monoisotopic (exact) mass is 473 g/mol. The molecule has 0 spiro atoms. The van der Waals surface area contributed by atoms with Crippen molar-refractivity contribution in [1.82, 2.24) is 0 Å². The van der Waals surface area contributed by atoms with E-state index in [1.165, 1.54) is 34.5 Å². The molecule has 3 rings (SSSR count). The molecule has 174 valence electrons. The molecule has 0 saturated carbocycles. The van der Waals surface area contributed by atoms with E-state index in [-0.39, 0.29) is 10.8 Å². The first-order chi connectivity index (χ1) is 15.8. The number of ketones is 1. The Morgan fingerprint density at radius 1 is 0.848 bits per heavy atom. The van der Waals surface area contributed by atoms with Gasteiger partial charge in [-0.3, -0.25) is 14.9 Å². The van der Waals surface area contributed by atoms with Crippen LogP contribution in [0.4, 0.5) is 5.00 Å². The van der Waals surface area contributed by atoms with Crippen LogP contribution in [-0.2, 0) is 0 Å². The van der Waals surface area contributed by atoms with Gasteiger partial charge in [0.05, 0.1) is 38.2 Å². The molecule has 1 heterocycles. The fraction of sp³-hybridized carbons (Fsp3) is 0.261. The van der Waals surface area contributed by atoms with Crippen molar-refractivity contribution in [2.75, 3.05) is 28.4 Å². The van der Waals surface area contributed by atoms with Gasteiger partial charge in [0.15, 0.2) is 28.8 Å². The van der Waals surface area contributed by atoms with Crippen molar-refractivity contribution in [2.45, 2.75) is 13.0 Å². The summed E-state index contributed by atoms with van der Waals surface area (Å²) in [5, 5.41) is 11.0. The van der Waals surface area contributed by atoms with E-state index in [4.69, 9.17) is 23.7 Å². The Kier molecular flexibility index (Phi) is 7.39. The fourth-order valence-electron chi connectivity index (χ4n) is 3.20. The predicted octanol–water partition coefficient (Wildman–Crippen LogP) is 5.06. The van der Waals surface area contributed by atoms with Crippen LogP contribution in [0.2, 0.25) is 0 Å². The lowest BCUT2D eigenvalue weighted by Crippen LogP contribution is -2.07. The van der Waals surface area contributed by atoms with Crippen LogP contribution in [0.1, 0.15) is 33.8 Å². The van der Waals surface area contributed by atoms with Gasteiger partial charge in [0.25, 0.3) is 0 Å². The van der Waals surface area contributed by atoms with Crippen molar-refractivity contribution in [1.29, 1.82) is 0 Å². The molecule has 0 radical (unpaired) electrons. The molecule has 10 heteroatoms. The molecule has 0 saturated heterocycles. The van der Waals surface area contributed by atoms with Crippen molar-refractivity contribution in [2.24, 2.45) is 0 Å². The SMILES string of the molecule is COc1ccc(C(=O)c2cc(OC)c(OC)c(OC)c2)cc1OC(C)c1ccc([N+](=O)[O-])s1. The number of methoxy groups -OCH3 is 4. The Labute approximate surface area is 194 Å². The van der Waals surface area contributed by atoms with Gasteiger partial charge >= 0.3 is 5.00 Å². The van der Waals surface area contributed by atoms with Crippen molar-refractivity contribution < 1.29 is 33.4 Å². The molecule has 0 bridgehead atoms. The van der Waals surface area contributed by atoms with Crippen molar-refractivity contribution in [3.05, 3.63) is 68.6 Å². The third-order valence-corrected chi connectivity index (χ3v) is 6.05. The number of ether oxygens (including phenoxy) is 5. The lowest BCUT2D eigenvalue weighted by atomic mass is 10.0. The van der Waals surface area contributed by atoms with Crippen molar-refractivity contribution in [3.8, 4) is 28.7 Å². The molecule has 0 fully saturated rings. The van der Waals surface area contributed by atoms with Crippen LogP contribution < -0.4 is 23.7 Å².